The zero-order chi connectivity index (χ0) is 12.8. The third-order valence-electron chi connectivity index (χ3n) is 2.06. The molecule has 0 saturated carbocycles. The summed E-state index contributed by atoms with van der Waals surface area (Å²) in [5.74, 6) is -0.494. The molecule has 0 aliphatic heterocycles. The van der Waals surface area contributed by atoms with Crippen molar-refractivity contribution in [1.82, 2.24) is 10.2 Å². The van der Waals surface area contributed by atoms with E-state index in [1.807, 2.05) is 30.3 Å². The Morgan fingerprint density at radius 3 is 2.24 bits per heavy atom. The molecule has 0 atom stereocenters. The quantitative estimate of drug-likeness (QED) is 0.797. The first-order valence-corrected chi connectivity index (χ1v) is 5.26. The number of rotatable bonds is 3. The Labute approximate surface area is 101 Å². The summed E-state index contributed by atoms with van der Waals surface area (Å²) in [6.45, 7) is 1.38. The monoisotopic (exact) mass is 232 g/mol. The molecular weight excluding hydrogens is 216 g/mol. The molecule has 1 aromatic rings. The van der Waals surface area contributed by atoms with Gasteiger partial charge in [0.2, 0.25) is 5.91 Å². The molecule has 1 N–H and O–H groups in total. The molecule has 90 valence electrons. The number of hydrogen-bond acceptors (Lipinski definition) is 2. The molecule has 17 heavy (non-hydrogen) atoms. The lowest BCUT2D eigenvalue weighted by Gasteiger charge is -2.13. The molecule has 1 rings (SSSR count). The smallest absolute Gasteiger partial charge is 0.269 e. The van der Waals surface area contributed by atoms with Crippen molar-refractivity contribution in [3.63, 3.8) is 0 Å². The molecule has 0 spiro atoms. The second kappa shape index (κ2) is 5.84. The molecule has 1 aromatic carbocycles. The number of carbonyl (C=O) groups is 2. The Balaban J connectivity index is 3.02. The van der Waals surface area contributed by atoms with Gasteiger partial charge in [-0.15, -0.1) is 0 Å². The molecule has 0 aliphatic carbocycles. The highest BCUT2D eigenvalue weighted by Crippen LogP contribution is 2.06. The summed E-state index contributed by atoms with van der Waals surface area (Å²) in [4.78, 5) is 24.3. The van der Waals surface area contributed by atoms with E-state index in [9.17, 15) is 9.59 Å². The van der Waals surface area contributed by atoms with Crippen LogP contribution in [0, 0.1) is 0 Å². The van der Waals surface area contributed by atoms with Crippen LogP contribution in [0.1, 0.15) is 12.5 Å². The average Bonchev–Trinajstić information content (AvgIpc) is 2.28. The van der Waals surface area contributed by atoms with Crippen molar-refractivity contribution in [2.75, 3.05) is 14.1 Å². The molecular formula is C13H16N2O2. The van der Waals surface area contributed by atoms with E-state index < -0.39 is 0 Å². The fourth-order valence-electron chi connectivity index (χ4n) is 1.30. The minimum absolute atomic E-state index is 0.232. The molecule has 0 unspecified atom stereocenters. The van der Waals surface area contributed by atoms with Crippen molar-refractivity contribution in [2.24, 2.45) is 0 Å². The topological polar surface area (TPSA) is 49.4 Å². The molecule has 4 nitrogen and oxygen atoms in total. The summed E-state index contributed by atoms with van der Waals surface area (Å²) in [6, 6.07) is 9.37. The van der Waals surface area contributed by atoms with Crippen LogP contribution in [0.15, 0.2) is 36.0 Å². The zero-order valence-corrected chi connectivity index (χ0v) is 10.2. The molecule has 0 radical (unpaired) electrons. The van der Waals surface area contributed by atoms with Crippen LogP contribution in [0.4, 0.5) is 0 Å². The first kappa shape index (κ1) is 13.0. The number of nitrogens with one attached hydrogen (secondary N) is 1. The van der Waals surface area contributed by atoms with Gasteiger partial charge in [-0.2, -0.15) is 0 Å². The molecule has 0 bridgehead atoms. The summed E-state index contributed by atoms with van der Waals surface area (Å²) >= 11 is 0. The van der Waals surface area contributed by atoms with Gasteiger partial charge in [-0.25, -0.2) is 0 Å². The van der Waals surface area contributed by atoms with Crippen molar-refractivity contribution in [1.29, 1.82) is 0 Å². The van der Waals surface area contributed by atoms with Crippen LogP contribution in [0.2, 0.25) is 0 Å². The molecule has 2 amide bonds. The van der Waals surface area contributed by atoms with E-state index in [0.29, 0.717) is 0 Å². The van der Waals surface area contributed by atoms with Crippen molar-refractivity contribution in [3.05, 3.63) is 41.6 Å². The van der Waals surface area contributed by atoms with Crippen molar-refractivity contribution in [3.8, 4) is 0 Å². The van der Waals surface area contributed by atoms with Crippen molar-refractivity contribution in [2.45, 2.75) is 6.92 Å². The van der Waals surface area contributed by atoms with Crippen LogP contribution in [-0.4, -0.2) is 30.8 Å². The second-order valence-electron chi connectivity index (χ2n) is 3.85. The van der Waals surface area contributed by atoms with Crippen molar-refractivity contribution < 1.29 is 9.59 Å². The van der Waals surface area contributed by atoms with Gasteiger partial charge in [0.05, 0.1) is 0 Å². The van der Waals surface area contributed by atoms with E-state index in [1.165, 1.54) is 11.8 Å². The maximum absolute atomic E-state index is 11.8. The largest absolute Gasteiger partial charge is 0.344 e. The van der Waals surface area contributed by atoms with Crippen LogP contribution < -0.4 is 5.32 Å². The van der Waals surface area contributed by atoms with E-state index in [4.69, 9.17) is 0 Å². The number of carbonyl (C=O) groups excluding carboxylic acids is 2. The van der Waals surface area contributed by atoms with Gasteiger partial charge in [-0.05, 0) is 11.6 Å². The number of nitrogens with zero attached hydrogens (tertiary/aromatic N) is 1. The van der Waals surface area contributed by atoms with Gasteiger partial charge >= 0.3 is 0 Å². The van der Waals surface area contributed by atoms with Crippen LogP contribution in [0.25, 0.3) is 6.08 Å². The number of benzene rings is 1. The summed E-state index contributed by atoms with van der Waals surface area (Å²) in [5, 5.41) is 2.54. The highest BCUT2D eigenvalue weighted by atomic mass is 16.2. The number of likely N-dealkylation sites (N-methyl/N-ethyl adjacent to an activating group) is 1. The zero-order valence-electron chi connectivity index (χ0n) is 10.2. The first-order valence-electron chi connectivity index (χ1n) is 5.26. The first-order chi connectivity index (χ1) is 8.00. The third-order valence-corrected chi connectivity index (χ3v) is 2.06. The molecule has 0 aromatic heterocycles. The highest BCUT2D eigenvalue weighted by molar-refractivity contribution is 6.00. The fourth-order valence-corrected chi connectivity index (χ4v) is 1.30. The Morgan fingerprint density at radius 2 is 1.76 bits per heavy atom. The fraction of sp³-hybridized carbons (Fsp3) is 0.231. The minimum atomic E-state index is -0.262. The van der Waals surface area contributed by atoms with E-state index in [-0.39, 0.29) is 17.5 Å². The van der Waals surface area contributed by atoms with Gasteiger partial charge in [-0.3, -0.25) is 9.59 Å². The Hall–Kier alpha value is -2.10. The van der Waals surface area contributed by atoms with Gasteiger partial charge in [0.25, 0.3) is 5.91 Å². The Bertz CT molecular complexity index is 436. The summed E-state index contributed by atoms with van der Waals surface area (Å²) in [7, 11) is 3.28. The van der Waals surface area contributed by atoms with Crippen LogP contribution in [0.3, 0.4) is 0 Å². The van der Waals surface area contributed by atoms with E-state index in [1.54, 1.807) is 20.2 Å². The predicted octanol–water partition coefficient (Wildman–Crippen LogP) is 1.25. The lowest BCUT2D eigenvalue weighted by atomic mass is 10.2. The SMILES string of the molecule is CC(=O)N/C(=C\c1ccccc1)C(=O)N(C)C. The Morgan fingerprint density at radius 1 is 1.18 bits per heavy atom. The predicted molar refractivity (Wildman–Crippen MR) is 66.9 cm³/mol. The summed E-state index contributed by atoms with van der Waals surface area (Å²) < 4.78 is 0. The maximum Gasteiger partial charge on any atom is 0.269 e. The van der Waals surface area contributed by atoms with Gasteiger partial charge in [0, 0.05) is 21.0 Å². The van der Waals surface area contributed by atoms with Crippen LogP contribution in [0.5, 0.6) is 0 Å². The molecule has 0 saturated heterocycles. The normalized spacial score (nSPS) is 10.9. The number of amides is 2. The summed E-state index contributed by atoms with van der Waals surface area (Å²) in [5.41, 5.74) is 1.14. The van der Waals surface area contributed by atoms with E-state index in [2.05, 4.69) is 5.32 Å². The molecule has 0 heterocycles. The lowest BCUT2D eigenvalue weighted by molar-refractivity contribution is -0.127. The van der Waals surface area contributed by atoms with Crippen LogP contribution in [-0.2, 0) is 9.59 Å². The van der Waals surface area contributed by atoms with Gasteiger partial charge in [0.1, 0.15) is 5.70 Å². The third kappa shape index (κ3) is 4.10. The molecule has 4 heteroatoms. The minimum Gasteiger partial charge on any atom is -0.344 e. The van der Waals surface area contributed by atoms with Gasteiger partial charge in [0.15, 0.2) is 0 Å². The van der Waals surface area contributed by atoms with E-state index >= 15 is 0 Å². The lowest BCUT2D eigenvalue weighted by Crippen LogP contribution is -2.33. The summed E-state index contributed by atoms with van der Waals surface area (Å²) in [6.07, 6.45) is 1.66. The van der Waals surface area contributed by atoms with Crippen molar-refractivity contribution >= 4 is 17.9 Å². The standard InChI is InChI=1S/C13H16N2O2/c1-10(16)14-12(13(17)15(2)3)9-11-7-5-4-6-8-11/h4-9H,1-3H3,(H,14,16)/b12-9-. The van der Waals surface area contributed by atoms with Crippen LogP contribution >= 0.6 is 0 Å². The molecule has 0 fully saturated rings. The van der Waals surface area contributed by atoms with E-state index in [0.717, 1.165) is 5.56 Å². The second-order valence-corrected chi connectivity index (χ2v) is 3.85. The number of hydrogen-bond donors (Lipinski definition) is 1. The van der Waals surface area contributed by atoms with Gasteiger partial charge < -0.3 is 10.2 Å². The maximum atomic E-state index is 11.8. The molecule has 0 aliphatic rings. The van der Waals surface area contributed by atoms with Gasteiger partial charge in [-0.1, -0.05) is 30.3 Å². The Kier molecular flexibility index (Phi) is 4.46. The highest BCUT2D eigenvalue weighted by Gasteiger charge is 2.12. The average molecular weight is 232 g/mol.